The first-order valence-electron chi connectivity index (χ1n) is 7.96. The Morgan fingerprint density at radius 3 is 2.46 bits per heavy atom. The zero-order chi connectivity index (χ0) is 17.4. The summed E-state index contributed by atoms with van der Waals surface area (Å²) < 4.78 is 14.2. The molecule has 0 radical (unpaired) electrons. The van der Waals surface area contributed by atoms with E-state index in [1.807, 2.05) is 49.3 Å². The number of likely N-dealkylation sites (N-methyl/N-ethyl adjacent to an activating group) is 1. The second kappa shape index (κ2) is 8.99. The number of amides is 1. The summed E-state index contributed by atoms with van der Waals surface area (Å²) in [5.41, 5.74) is 1.54. The lowest BCUT2D eigenvalue weighted by atomic mass is 9.98. The van der Waals surface area contributed by atoms with Gasteiger partial charge in [-0.3, -0.25) is 4.79 Å². The molecule has 24 heavy (non-hydrogen) atoms. The molecular weight excluding hydrogens is 303 g/mol. The van der Waals surface area contributed by atoms with E-state index in [1.165, 1.54) is 12.1 Å². The van der Waals surface area contributed by atoms with Crippen LogP contribution in [0.15, 0.2) is 66.7 Å². The van der Waals surface area contributed by atoms with Crippen molar-refractivity contribution in [2.24, 2.45) is 0 Å². The van der Waals surface area contributed by atoms with E-state index in [2.05, 4.69) is 5.32 Å². The van der Waals surface area contributed by atoms with Crippen LogP contribution in [0.3, 0.4) is 0 Å². The number of rotatable bonds is 7. The first kappa shape index (κ1) is 17.9. The van der Waals surface area contributed by atoms with Crippen LogP contribution in [-0.2, 0) is 11.2 Å². The SMILES string of the molecule is CN(C)C/C=C/C(=O)NC(Cc1ccccc1)c1ccccc1F. The summed E-state index contributed by atoms with van der Waals surface area (Å²) in [6, 6.07) is 15.9. The molecule has 1 atom stereocenters. The first-order valence-corrected chi connectivity index (χ1v) is 7.96. The van der Waals surface area contributed by atoms with Crippen molar-refractivity contribution in [1.29, 1.82) is 0 Å². The molecule has 2 aromatic rings. The normalized spacial score (nSPS) is 12.5. The molecule has 1 N–H and O–H groups in total. The molecule has 0 spiro atoms. The fraction of sp³-hybridized carbons (Fsp3) is 0.250. The van der Waals surface area contributed by atoms with Crippen LogP contribution in [0.25, 0.3) is 0 Å². The van der Waals surface area contributed by atoms with Crippen LogP contribution in [0.4, 0.5) is 4.39 Å². The first-order chi connectivity index (χ1) is 11.6. The van der Waals surface area contributed by atoms with Gasteiger partial charge in [0.15, 0.2) is 0 Å². The van der Waals surface area contributed by atoms with Crippen molar-refractivity contribution in [3.8, 4) is 0 Å². The van der Waals surface area contributed by atoms with Crippen LogP contribution in [0.5, 0.6) is 0 Å². The molecule has 0 aliphatic rings. The summed E-state index contributed by atoms with van der Waals surface area (Å²) in [6.07, 6.45) is 3.82. The molecule has 1 amide bonds. The molecular formula is C20H23FN2O. The molecule has 2 rings (SSSR count). The van der Waals surface area contributed by atoms with Gasteiger partial charge < -0.3 is 10.2 Å². The van der Waals surface area contributed by atoms with Gasteiger partial charge in [-0.1, -0.05) is 54.6 Å². The second-order valence-electron chi connectivity index (χ2n) is 5.94. The average molecular weight is 326 g/mol. The maximum absolute atomic E-state index is 14.2. The van der Waals surface area contributed by atoms with Gasteiger partial charge in [0.05, 0.1) is 6.04 Å². The topological polar surface area (TPSA) is 32.3 Å². The summed E-state index contributed by atoms with van der Waals surface area (Å²) in [4.78, 5) is 14.1. The van der Waals surface area contributed by atoms with Gasteiger partial charge in [0, 0.05) is 18.2 Å². The molecule has 3 nitrogen and oxygen atoms in total. The molecule has 0 saturated heterocycles. The second-order valence-corrected chi connectivity index (χ2v) is 5.94. The summed E-state index contributed by atoms with van der Waals surface area (Å²) >= 11 is 0. The number of nitrogens with one attached hydrogen (secondary N) is 1. The number of hydrogen-bond acceptors (Lipinski definition) is 2. The Labute approximate surface area is 142 Å². The predicted molar refractivity (Wildman–Crippen MR) is 95.1 cm³/mol. The van der Waals surface area contributed by atoms with Gasteiger partial charge in [-0.05, 0) is 32.1 Å². The van der Waals surface area contributed by atoms with Crippen molar-refractivity contribution >= 4 is 5.91 Å². The number of hydrogen-bond donors (Lipinski definition) is 1. The number of nitrogens with zero attached hydrogens (tertiary/aromatic N) is 1. The Morgan fingerprint density at radius 2 is 1.79 bits per heavy atom. The fourth-order valence-corrected chi connectivity index (χ4v) is 2.44. The highest BCUT2D eigenvalue weighted by atomic mass is 19.1. The highest BCUT2D eigenvalue weighted by Crippen LogP contribution is 2.21. The average Bonchev–Trinajstić information content (AvgIpc) is 2.55. The Hall–Kier alpha value is -2.46. The van der Waals surface area contributed by atoms with Crippen molar-refractivity contribution in [1.82, 2.24) is 10.2 Å². The van der Waals surface area contributed by atoms with E-state index >= 15 is 0 Å². The minimum Gasteiger partial charge on any atom is -0.345 e. The molecule has 0 saturated carbocycles. The minimum absolute atomic E-state index is 0.221. The van der Waals surface area contributed by atoms with Crippen LogP contribution < -0.4 is 5.32 Å². The summed E-state index contributed by atoms with van der Waals surface area (Å²) in [5, 5.41) is 2.91. The predicted octanol–water partition coefficient (Wildman–Crippen LogP) is 3.34. The molecule has 0 aliphatic heterocycles. The van der Waals surface area contributed by atoms with E-state index in [4.69, 9.17) is 0 Å². The van der Waals surface area contributed by atoms with Gasteiger partial charge in [-0.25, -0.2) is 4.39 Å². The smallest absolute Gasteiger partial charge is 0.244 e. The molecule has 0 heterocycles. The lowest BCUT2D eigenvalue weighted by molar-refractivity contribution is -0.117. The quantitative estimate of drug-likeness (QED) is 0.792. The molecule has 4 heteroatoms. The molecule has 126 valence electrons. The Bertz CT molecular complexity index is 683. The minimum atomic E-state index is -0.412. The number of carbonyl (C=O) groups excluding carboxylic acids is 1. The van der Waals surface area contributed by atoms with E-state index in [0.29, 0.717) is 18.5 Å². The van der Waals surface area contributed by atoms with Gasteiger partial charge in [0.2, 0.25) is 5.91 Å². The summed E-state index contributed by atoms with van der Waals surface area (Å²) in [7, 11) is 3.86. The van der Waals surface area contributed by atoms with Crippen molar-refractivity contribution in [3.63, 3.8) is 0 Å². The van der Waals surface area contributed by atoms with E-state index < -0.39 is 6.04 Å². The van der Waals surface area contributed by atoms with Gasteiger partial charge in [-0.2, -0.15) is 0 Å². The van der Waals surface area contributed by atoms with Gasteiger partial charge in [0.25, 0.3) is 0 Å². The molecule has 0 fully saturated rings. The Morgan fingerprint density at radius 1 is 1.12 bits per heavy atom. The number of benzene rings is 2. The van der Waals surface area contributed by atoms with Crippen LogP contribution in [0.1, 0.15) is 17.2 Å². The molecule has 0 bridgehead atoms. The van der Waals surface area contributed by atoms with Crippen molar-refractivity contribution in [2.45, 2.75) is 12.5 Å². The molecule has 2 aromatic carbocycles. The lowest BCUT2D eigenvalue weighted by Crippen LogP contribution is -2.29. The monoisotopic (exact) mass is 326 g/mol. The van der Waals surface area contributed by atoms with E-state index in [0.717, 1.165) is 5.56 Å². The van der Waals surface area contributed by atoms with Gasteiger partial charge in [0.1, 0.15) is 5.82 Å². The Kier molecular flexibility index (Phi) is 6.70. The van der Waals surface area contributed by atoms with Crippen LogP contribution in [0, 0.1) is 5.82 Å². The fourth-order valence-electron chi connectivity index (χ4n) is 2.44. The largest absolute Gasteiger partial charge is 0.345 e. The van der Waals surface area contributed by atoms with Crippen molar-refractivity contribution in [2.75, 3.05) is 20.6 Å². The third-order valence-corrected chi connectivity index (χ3v) is 3.62. The zero-order valence-corrected chi connectivity index (χ0v) is 14.1. The highest BCUT2D eigenvalue weighted by Gasteiger charge is 2.17. The number of halogens is 1. The lowest BCUT2D eigenvalue weighted by Gasteiger charge is -2.19. The van der Waals surface area contributed by atoms with Crippen LogP contribution in [-0.4, -0.2) is 31.4 Å². The summed E-state index contributed by atoms with van der Waals surface area (Å²) in [5.74, 6) is -0.531. The van der Waals surface area contributed by atoms with E-state index in [1.54, 1.807) is 24.3 Å². The van der Waals surface area contributed by atoms with Crippen LogP contribution in [0.2, 0.25) is 0 Å². The van der Waals surface area contributed by atoms with Crippen molar-refractivity contribution in [3.05, 3.63) is 83.7 Å². The summed E-state index contributed by atoms with van der Waals surface area (Å²) in [6.45, 7) is 0.677. The number of carbonyl (C=O) groups is 1. The standard InChI is InChI=1S/C20H23FN2O/c1-23(2)14-8-13-20(24)22-19(15-16-9-4-3-5-10-16)17-11-6-7-12-18(17)21/h3-13,19H,14-15H2,1-2H3,(H,22,24)/b13-8+. The van der Waals surface area contributed by atoms with Crippen LogP contribution >= 0.6 is 0 Å². The van der Waals surface area contributed by atoms with E-state index in [-0.39, 0.29) is 11.7 Å². The maximum Gasteiger partial charge on any atom is 0.244 e. The third-order valence-electron chi connectivity index (χ3n) is 3.62. The molecule has 0 aliphatic carbocycles. The highest BCUT2D eigenvalue weighted by molar-refractivity contribution is 5.87. The third kappa shape index (κ3) is 5.63. The maximum atomic E-state index is 14.2. The Balaban J connectivity index is 2.15. The van der Waals surface area contributed by atoms with Gasteiger partial charge >= 0.3 is 0 Å². The zero-order valence-electron chi connectivity index (χ0n) is 14.1. The van der Waals surface area contributed by atoms with Crippen molar-refractivity contribution < 1.29 is 9.18 Å². The van der Waals surface area contributed by atoms with Gasteiger partial charge in [-0.15, -0.1) is 0 Å². The molecule has 1 unspecified atom stereocenters. The van der Waals surface area contributed by atoms with E-state index in [9.17, 15) is 9.18 Å². The molecule has 0 aromatic heterocycles.